The van der Waals surface area contributed by atoms with Crippen molar-refractivity contribution < 1.29 is 18.3 Å². The Bertz CT molecular complexity index is 627. The van der Waals surface area contributed by atoms with E-state index in [-0.39, 0.29) is 41.8 Å². The molecule has 124 valence electrons. The van der Waals surface area contributed by atoms with Crippen LogP contribution in [-0.4, -0.2) is 24.3 Å². The molecule has 23 heavy (non-hydrogen) atoms. The number of halogens is 2. The van der Waals surface area contributed by atoms with Crippen LogP contribution in [0.1, 0.15) is 37.3 Å². The van der Waals surface area contributed by atoms with Crippen molar-refractivity contribution in [3.05, 3.63) is 35.4 Å². The van der Waals surface area contributed by atoms with E-state index in [1.54, 1.807) is 6.07 Å². The summed E-state index contributed by atoms with van der Waals surface area (Å²) in [7, 11) is 0. The van der Waals surface area contributed by atoms with E-state index in [4.69, 9.17) is 4.74 Å². The summed E-state index contributed by atoms with van der Waals surface area (Å²) in [4.78, 5) is 12.4. The Hall–Kier alpha value is -1.57. The van der Waals surface area contributed by atoms with Crippen LogP contribution in [0, 0.1) is 17.6 Å². The number of hydrogen-bond acceptors (Lipinski definition) is 4. The summed E-state index contributed by atoms with van der Waals surface area (Å²) in [6, 6.07) is 3.74. The predicted octanol–water partition coefficient (Wildman–Crippen LogP) is 1.51. The number of fused-ring (bicyclic) bond motifs is 2. The van der Waals surface area contributed by atoms with Gasteiger partial charge >= 0.3 is 0 Å². The first-order chi connectivity index (χ1) is 11.1. The van der Waals surface area contributed by atoms with Crippen molar-refractivity contribution in [1.82, 2.24) is 16.2 Å². The maximum atomic E-state index is 13.8. The number of carbonyl (C=O) groups is 1. The van der Waals surface area contributed by atoms with Crippen molar-refractivity contribution in [2.75, 3.05) is 0 Å². The molecule has 0 spiro atoms. The van der Waals surface area contributed by atoms with Gasteiger partial charge in [0.15, 0.2) is 11.6 Å². The van der Waals surface area contributed by atoms with Gasteiger partial charge in [0.1, 0.15) is 0 Å². The summed E-state index contributed by atoms with van der Waals surface area (Å²) in [6.45, 7) is 0. The lowest BCUT2D eigenvalue weighted by Crippen LogP contribution is -2.47. The zero-order chi connectivity index (χ0) is 16.0. The van der Waals surface area contributed by atoms with Crippen LogP contribution in [0.15, 0.2) is 18.2 Å². The van der Waals surface area contributed by atoms with Crippen molar-refractivity contribution in [3.8, 4) is 0 Å². The van der Waals surface area contributed by atoms with E-state index in [2.05, 4.69) is 16.2 Å². The van der Waals surface area contributed by atoms with Crippen LogP contribution in [-0.2, 0) is 9.53 Å². The summed E-state index contributed by atoms with van der Waals surface area (Å²) >= 11 is 0. The van der Waals surface area contributed by atoms with Crippen LogP contribution in [0.25, 0.3) is 0 Å². The normalized spacial score (nSPS) is 35.7. The molecule has 1 aromatic carbocycles. The first-order valence-electron chi connectivity index (χ1n) is 8.02. The molecule has 3 heterocycles. The van der Waals surface area contributed by atoms with Crippen LogP contribution in [0.3, 0.4) is 0 Å². The van der Waals surface area contributed by atoms with E-state index < -0.39 is 11.6 Å². The zero-order valence-electron chi connectivity index (χ0n) is 12.5. The number of hydrazine groups is 1. The quantitative estimate of drug-likeness (QED) is 0.789. The highest BCUT2D eigenvalue weighted by Crippen LogP contribution is 2.39. The van der Waals surface area contributed by atoms with Gasteiger partial charge in [-0.1, -0.05) is 12.1 Å². The molecular formula is C16H19F2N3O2. The average Bonchev–Trinajstić information content (AvgIpc) is 3.26. The van der Waals surface area contributed by atoms with Gasteiger partial charge < -0.3 is 10.1 Å². The lowest BCUT2D eigenvalue weighted by molar-refractivity contribution is -0.127. The van der Waals surface area contributed by atoms with E-state index in [0.717, 1.165) is 25.3 Å². The Kier molecular flexibility index (Phi) is 3.79. The molecule has 4 rings (SSSR count). The molecule has 5 atom stereocenters. The van der Waals surface area contributed by atoms with Crippen LogP contribution >= 0.6 is 0 Å². The highest BCUT2D eigenvalue weighted by atomic mass is 19.2. The van der Waals surface area contributed by atoms with Gasteiger partial charge in [-0.05, 0) is 25.3 Å². The minimum Gasteiger partial charge on any atom is -0.374 e. The molecule has 0 aliphatic carbocycles. The highest BCUT2D eigenvalue weighted by Gasteiger charge is 2.45. The number of hydrogen-bond donors (Lipinski definition) is 3. The number of rotatable bonds is 3. The van der Waals surface area contributed by atoms with Gasteiger partial charge in [-0.15, -0.1) is 0 Å². The maximum absolute atomic E-state index is 13.8. The molecule has 2 bridgehead atoms. The van der Waals surface area contributed by atoms with E-state index in [1.165, 1.54) is 6.07 Å². The summed E-state index contributed by atoms with van der Waals surface area (Å²) in [6.07, 6.45) is 3.15. The first-order valence-corrected chi connectivity index (χ1v) is 8.02. The fourth-order valence-corrected chi connectivity index (χ4v) is 3.84. The summed E-state index contributed by atoms with van der Waals surface area (Å²) in [5, 5.41) is 2.93. The zero-order valence-corrected chi connectivity index (χ0v) is 12.5. The molecule has 1 aromatic rings. The Labute approximate surface area is 132 Å². The van der Waals surface area contributed by atoms with Crippen molar-refractivity contribution in [1.29, 1.82) is 0 Å². The Morgan fingerprint density at radius 3 is 2.83 bits per heavy atom. The van der Waals surface area contributed by atoms with Gasteiger partial charge in [0.05, 0.1) is 30.3 Å². The second kappa shape index (κ2) is 5.81. The number of ether oxygens (including phenoxy) is 1. The van der Waals surface area contributed by atoms with Crippen LogP contribution in [0.2, 0.25) is 0 Å². The molecule has 3 aliphatic rings. The van der Waals surface area contributed by atoms with Crippen LogP contribution in [0.4, 0.5) is 8.78 Å². The SMILES string of the molecule is O=C(NC1CC(c2cccc(F)c2F)NN1)C1CC2CCC1O2. The summed E-state index contributed by atoms with van der Waals surface area (Å²) < 4.78 is 32.9. The third-order valence-corrected chi connectivity index (χ3v) is 5.02. The number of nitrogens with one attached hydrogen (secondary N) is 3. The first kappa shape index (κ1) is 15.0. The third kappa shape index (κ3) is 2.73. The van der Waals surface area contributed by atoms with E-state index in [0.29, 0.717) is 6.42 Å². The highest BCUT2D eigenvalue weighted by molar-refractivity contribution is 5.80. The molecule has 5 unspecified atom stereocenters. The molecule has 7 heteroatoms. The molecule has 3 aliphatic heterocycles. The van der Waals surface area contributed by atoms with E-state index >= 15 is 0 Å². The Morgan fingerprint density at radius 1 is 1.22 bits per heavy atom. The van der Waals surface area contributed by atoms with E-state index in [1.807, 2.05) is 0 Å². The number of carbonyl (C=O) groups excluding carboxylic acids is 1. The second-order valence-electron chi connectivity index (χ2n) is 6.50. The maximum Gasteiger partial charge on any atom is 0.227 e. The minimum atomic E-state index is -0.865. The molecule has 0 saturated carbocycles. The van der Waals surface area contributed by atoms with Crippen molar-refractivity contribution in [2.24, 2.45) is 5.92 Å². The lowest BCUT2D eigenvalue weighted by Gasteiger charge is -2.20. The van der Waals surface area contributed by atoms with Gasteiger partial charge in [0.25, 0.3) is 0 Å². The standard InChI is InChI=1S/C16H19F2N3O2/c17-11-3-1-2-9(15(11)18)12-7-14(21-20-12)19-16(22)10-6-8-4-5-13(10)23-8/h1-3,8,10,12-14,20-21H,4-7H2,(H,19,22). The van der Waals surface area contributed by atoms with Gasteiger partial charge in [0.2, 0.25) is 5.91 Å². The van der Waals surface area contributed by atoms with Gasteiger partial charge in [-0.2, -0.15) is 0 Å². The lowest BCUT2D eigenvalue weighted by atomic mass is 9.88. The fraction of sp³-hybridized carbons (Fsp3) is 0.562. The van der Waals surface area contributed by atoms with Crippen molar-refractivity contribution in [2.45, 2.75) is 50.1 Å². The Balaban J connectivity index is 1.37. The van der Waals surface area contributed by atoms with Crippen molar-refractivity contribution >= 4 is 5.91 Å². The van der Waals surface area contributed by atoms with Gasteiger partial charge in [-0.25, -0.2) is 19.6 Å². The molecule has 0 radical (unpaired) electrons. The smallest absolute Gasteiger partial charge is 0.227 e. The molecule has 3 fully saturated rings. The molecule has 0 aromatic heterocycles. The summed E-state index contributed by atoms with van der Waals surface area (Å²) in [5.74, 6) is -1.84. The van der Waals surface area contributed by atoms with Gasteiger partial charge in [0, 0.05) is 12.0 Å². The fourth-order valence-electron chi connectivity index (χ4n) is 3.84. The molecular weight excluding hydrogens is 304 g/mol. The average molecular weight is 323 g/mol. The molecule has 1 amide bonds. The van der Waals surface area contributed by atoms with E-state index in [9.17, 15) is 13.6 Å². The minimum absolute atomic E-state index is 0.0307. The molecule has 5 nitrogen and oxygen atoms in total. The van der Waals surface area contributed by atoms with Crippen LogP contribution < -0.4 is 16.2 Å². The topological polar surface area (TPSA) is 62.4 Å². The predicted molar refractivity (Wildman–Crippen MR) is 77.9 cm³/mol. The second-order valence-corrected chi connectivity index (χ2v) is 6.50. The monoisotopic (exact) mass is 323 g/mol. The third-order valence-electron chi connectivity index (χ3n) is 5.02. The number of amides is 1. The summed E-state index contributed by atoms with van der Waals surface area (Å²) in [5.41, 5.74) is 6.12. The molecule has 3 saturated heterocycles. The largest absolute Gasteiger partial charge is 0.374 e. The van der Waals surface area contributed by atoms with Crippen molar-refractivity contribution in [3.63, 3.8) is 0 Å². The Morgan fingerprint density at radius 2 is 2.09 bits per heavy atom. The number of benzene rings is 1. The van der Waals surface area contributed by atoms with Gasteiger partial charge in [-0.3, -0.25) is 4.79 Å². The molecule has 3 N–H and O–H groups in total. The van der Waals surface area contributed by atoms with Crippen LogP contribution in [0.5, 0.6) is 0 Å².